The van der Waals surface area contributed by atoms with E-state index in [0.29, 0.717) is 17.8 Å². The van der Waals surface area contributed by atoms with Gasteiger partial charge in [0, 0.05) is 38.9 Å². The van der Waals surface area contributed by atoms with Crippen molar-refractivity contribution in [3.63, 3.8) is 0 Å². The van der Waals surface area contributed by atoms with Crippen molar-refractivity contribution in [2.45, 2.75) is 0 Å². The van der Waals surface area contributed by atoms with Crippen molar-refractivity contribution in [1.29, 1.82) is 0 Å². The van der Waals surface area contributed by atoms with E-state index in [0.717, 1.165) is 0 Å². The fourth-order valence-electron chi connectivity index (χ4n) is 1.53. The summed E-state index contributed by atoms with van der Waals surface area (Å²) in [4.78, 5) is 23.0. The molecule has 8 heteroatoms. The van der Waals surface area contributed by atoms with E-state index >= 15 is 0 Å². The van der Waals surface area contributed by atoms with Crippen molar-refractivity contribution in [3.05, 3.63) is 37.4 Å². The molecule has 0 atom stereocenters. The number of hydrogen-bond donors (Lipinski definition) is 0. The number of imidazole rings is 2. The zero-order chi connectivity index (χ0) is 13.2. The highest BCUT2D eigenvalue weighted by Gasteiger charge is 2.10. The molecular weight excluding hydrogens is 244 g/mol. The van der Waals surface area contributed by atoms with Gasteiger partial charge >= 0.3 is 0 Å². The molecule has 0 saturated carbocycles. The highest BCUT2D eigenvalue weighted by Crippen LogP contribution is 2.10. The van der Waals surface area contributed by atoms with Crippen LogP contribution in [0, 0.1) is 0 Å². The summed E-state index contributed by atoms with van der Waals surface area (Å²) in [6.45, 7) is 0. The fraction of sp³-hybridized carbons (Fsp3) is 0.182. The lowest BCUT2D eigenvalue weighted by Crippen LogP contribution is -2.17. The molecule has 0 unspecified atom stereocenters. The van der Waals surface area contributed by atoms with Crippen LogP contribution in [0.4, 0.5) is 5.95 Å². The summed E-state index contributed by atoms with van der Waals surface area (Å²) >= 11 is 0. The van der Waals surface area contributed by atoms with Gasteiger partial charge in [-0.1, -0.05) is 0 Å². The zero-order valence-corrected chi connectivity index (χ0v) is 10.5. The van der Waals surface area contributed by atoms with Crippen molar-refractivity contribution < 1.29 is 0 Å². The minimum Gasteiger partial charge on any atom is -0.347 e. The summed E-state index contributed by atoms with van der Waals surface area (Å²) in [5.74, 6) is 1.60. The van der Waals surface area contributed by atoms with Gasteiger partial charge in [-0.15, -0.1) is 0 Å². The Kier molecular flexibility index (Phi) is 2.67. The second kappa shape index (κ2) is 4.48. The Labute approximate surface area is 109 Å². The molecule has 0 aromatic carbocycles. The highest BCUT2D eigenvalue weighted by molar-refractivity contribution is 5.34. The van der Waals surface area contributed by atoms with Gasteiger partial charge in [0.25, 0.3) is 0 Å². The molecule has 0 N–H and O–H groups in total. The molecule has 0 amide bonds. The van der Waals surface area contributed by atoms with Gasteiger partial charge in [0.15, 0.2) is 0 Å². The SMILES string of the molecule is CN(C)c1nc(-n2ccnc2)nc(-n2ccnc2)n1. The molecule has 0 radical (unpaired) electrons. The molecule has 0 saturated heterocycles. The maximum Gasteiger partial charge on any atom is 0.241 e. The normalized spacial score (nSPS) is 10.6. The lowest BCUT2D eigenvalue weighted by Gasteiger charge is -2.12. The van der Waals surface area contributed by atoms with E-state index in [9.17, 15) is 0 Å². The van der Waals surface area contributed by atoms with Crippen molar-refractivity contribution >= 4 is 5.95 Å². The monoisotopic (exact) mass is 256 g/mol. The van der Waals surface area contributed by atoms with Crippen molar-refractivity contribution in [2.75, 3.05) is 19.0 Å². The topological polar surface area (TPSA) is 77.5 Å². The van der Waals surface area contributed by atoms with Gasteiger partial charge in [-0.25, -0.2) is 9.97 Å². The third kappa shape index (κ3) is 2.15. The Morgan fingerprint density at radius 3 is 1.74 bits per heavy atom. The van der Waals surface area contributed by atoms with Gasteiger partial charge in [-0.05, 0) is 0 Å². The standard InChI is InChI=1S/C11H12N8/c1-17(2)9-14-10(18-5-3-12-7-18)16-11(15-9)19-6-4-13-8-19/h3-8H,1-2H3. The maximum absolute atomic E-state index is 4.40. The van der Waals surface area contributed by atoms with Crippen LogP contribution in [0.25, 0.3) is 11.9 Å². The maximum atomic E-state index is 4.40. The molecule has 3 aromatic heterocycles. The minimum absolute atomic E-state index is 0.514. The van der Waals surface area contributed by atoms with E-state index in [1.54, 1.807) is 46.6 Å². The van der Waals surface area contributed by atoms with Gasteiger partial charge in [0.2, 0.25) is 17.8 Å². The Morgan fingerprint density at radius 2 is 1.37 bits per heavy atom. The molecule has 0 aliphatic heterocycles. The number of rotatable bonds is 3. The largest absolute Gasteiger partial charge is 0.347 e. The first-order valence-electron chi connectivity index (χ1n) is 5.64. The van der Waals surface area contributed by atoms with E-state index in [-0.39, 0.29) is 0 Å². The third-order valence-corrected chi connectivity index (χ3v) is 2.47. The number of aromatic nitrogens is 7. The molecule has 96 valence electrons. The second-order valence-corrected chi connectivity index (χ2v) is 4.07. The summed E-state index contributed by atoms with van der Waals surface area (Å²) in [7, 11) is 3.76. The van der Waals surface area contributed by atoms with Crippen LogP contribution in [0.1, 0.15) is 0 Å². The molecule has 0 aliphatic carbocycles. The zero-order valence-electron chi connectivity index (χ0n) is 10.5. The molecular formula is C11H12N8. The van der Waals surface area contributed by atoms with E-state index in [1.807, 2.05) is 19.0 Å². The molecule has 0 spiro atoms. The van der Waals surface area contributed by atoms with E-state index in [2.05, 4.69) is 24.9 Å². The molecule has 0 fully saturated rings. The highest BCUT2D eigenvalue weighted by atomic mass is 15.3. The van der Waals surface area contributed by atoms with Crippen LogP contribution in [0.15, 0.2) is 37.4 Å². The lowest BCUT2D eigenvalue weighted by atomic mass is 10.7. The van der Waals surface area contributed by atoms with Gasteiger partial charge < -0.3 is 4.90 Å². The van der Waals surface area contributed by atoms with Gasteiger partial charge in [-0.2, -0.15) is 15.0 Å². The first-order chi connectivity index (χ1) is 9.24. The molecule has 0 aliphatic rings. The molecule has 8 nitrogen and oxygen atoms in total. The molecule has 3 heterocycles. The molecule has 3 rings (SSSR count). The Morgan fingerprint density at radius 1 is 0.842 bits per heavy atom. The minimum atomic E-state index is 0.514. The van der Waals surface area contributed by atoms with E-state index in [1.165, 1.54) is 0 Å². The summed E-state index contributed by atoms with van der Waals surface area (Å²) in [6, 6.07) is 0. The van der Waals surface area contributed by atoms with Crippen LogP contribution in [-0.4, -0.2) is 48.1 Å². The van der Waals surface area contributed by atoms with Crippen molar-refractivity contribution in [1.82, 2.24) is 34.1 Å². The van der Waals surface area contributed by atoms with Crippen molar-refractivity contribution in [3.8, 4) is 11.9 Å². The summed E-state index contributed by atoms with van der Waals surface area (Å²) in [5.41, 5.74) is 0. The quantitative estimate of drug-likeness (QED) is 0.671. The molecule has 3 aromatic rings. The summed E-state index contributed by atoms with van der Waals surface area (Å²) < 4.78 is 3.46. The van der Waals surface area contributed by atoms with E-state index < -0.39 is 0 Å². The first kappa shape index (κ1) is 11.3. The number of anilines is 1. The predicted octanol–water partition coefficient (Wildman–Crippen LogP) is 0.309. The average Bonchev–Trinajstić information content (AvgIpc) is 3.11. The second-order valence-electron chi connectivity index (χ2n) is 4.07. The third-order valence-electron chi connectivity index (χ3n) is 2.47. The van der Waals surface area contributed by atoms with Gasteiger partial charge in [-0.3, -0.25) is 9.13 Å². The smallest absolute Gasteiger partial charge is 0.241 e. The Balaban J connectivity index is 2.15. The van der Waals surface area contributed by atoms with Gasteiger partial charge in [0.1, 0.15) is 12.7 Å². The van der Waals surface area contributed by atoms with E-state index in [4.69, 9.17) is 0 Å². The van der Waals surface area contributed by atoms with Crippen LogP contribution >= 0.6 is 0 Å². The van der Waals surface area contributed by atoms with Gasteiger partial charge in [0.05, 0.1) is 0 Å². The summed E-state index contributed by atoms with van der Waals surface area (Å²) in [5, 5.41) is 0. The van der Waals surface area contributed by atoms with Crippen LogP contribution in [0.5, 0.6) is 0 Å². The average molecular weight is 256 g/mol. The lowest BCUT2D eigenvalue weighted by molar-refractivity contribution is 0.821. The fourth-order valence-corrected chi connectivity index (χ4v) is 1.53. The predicted molar refractivity (Wildman–Crippen MR) is 68.4 cm³/mol. The molecule has 0 bridgehead atoms. The number of nitrogens with zero attached hydrogens (tertiary/aromatic N) is 8. The van der Waals surface area contributed by atoms with Crippen LogP contribution < -0.4 is 4.90 Å². The first-order valence-corrected chi connectivity index (χ1v) is 5.64. The Hall–Kier alpha value is -2.77. The van der Waals surface area contributed by atoms with Crippen LogP contribution in [0.2, 0.25) is 0 Å². The van der Waals surface area contributed by atoms with Crippen molar-refractivity contribution in [2.24, 2.45) is 0 Å². The molecule has 19 heavy (non-hydrogen) atoms. The van der Waals surface area contributed by atoms with Crippen LogP contribution in [0.3, 0.4) is 0 Å². The van der Waals surface area contributed by atoms with Crippen LogP contribution in [-0.2, 0) is 0 Å². The number of hydrogen-bond acceptors (Lipinski definition) is 6. The Bertz CT molecular complexity index is 604. The summed E-state index contributed by atoms with van der Waals surface area (Å²) in [6.07, 6.45) is 10.2.